The van der Waals surface area contributed by atoms with Crippen LogP contribution in [0.4, 0.5) is 0 Å². The Morgan fingerprint density at radius 2 is 2.20 bits per heavy atom. The molecule has 0 radical (unpaired) electrons. The maximum atomic E-state index is 11.2. The van der Waals surface area contributed by atoms with Crippen LogP contribution in [0.25, 0.3) is 0 Å². The molecule has 1 saturated carbocycles. The Kier molecular flexibility index (Phi) is 2.47. The first-order valence-electron chi connectivity index (χ1n) is 4.26. The molecule has 10 heavy (non-hydrogen) atoms. The van der Waals surface area contributed by atoms with Crippen LogP contribution in [0.1, 0.15) is 39.5 Å². The van der Waals surface area contributed by atoms with Crippen molar-refractivity contribution in [2.24, 2.45) is 11.8 Å². The van der Waals surface area contributed by atoms with E-state index in [1.165, 1.54) is 12.8 Å². The third-order valence-corrected chi connectivity index (χ3v) is 2.62. The van der Waals surface area contributed by atoms with Gasteiger partial charge in [-0.25, -0.2) is 0 Å². The van der Waals surface area contributed by atoms with Gasteiger partial charge in [0.1, 0.15) is 5.78 Å². The molecule has 1 rings (SSSR count). The fourth-order valence-corrected chi connectivity index (χ4v) is 1.58. The molecule has 0 aromatic carbocycles. The Morgan fingerprint density at radius 1 is 1.50 bits per heavy atom. The minimum atomic E-state index is 0.350. The van der Waals surface area contributed by atoms with Gasteiger partial charge in [-0.05, 0) is 18.8 Å². The van der Waals surface area contributed by atoms with Crippen LogP contribution in [0.5, 0.6) is 0 Å². The predicted molar refractivity (Wildman–Crippen MR) is 41.8 cm³/mol. The number of Topliss-reactive ketones (excluding diaryl/α,β-unsaturated/α-hetero) is 1. The molecule has 0 unspecified atom stereocenters. The first-order valence-corrected chi connectivity index (χ1v) is 4.26. The Balaban J connectivity index is 2.41. The Morgan fingerprint density at radius 3 is 2.70 bits per heavy atom. The van der Waals surface area contributed by atoms with Crippen LogP contribution in [-0.2, 0) is 4.79 Å². The van der Waals surface area contributed by atoms with Crippen molar-refractivity contribution >= 4 is 5.78 Å². The highest BCUT2D eigenvalue weighted by atomic mass is 16.1. The van der Waals surface area contributed by atoms with Crippen molar-refractivity contribution in [3.8, 4) is 0 Å². The average molecular weight is 140 g/mol. The summed E-state index contributed by atoms with van der Waals surface area (Å²) in [6.45, 7) is 4.22. The van der Waals surface area contributed by atoms with Crippen LogP contribution >= 0.6 is 0 Å². The summed E-state index contributed by atoms with van der Waals surface area (Å²) in [5.41, 5.74) is 0. The maximum Gasteiger partial charge on any atom is 0.135 e. The van der Waals surface area contributed by atoms with Gasteiger partial charge in [-0.2, -0.15) is 0 Å². The highest BCUT2D eigenvalue weighted by Gasteiger charge is 2.23. The zero-order chi connectivity index (χ0) is 7.56. The van der Waals surface area contributed by atoms with Crippen molar-refractivity contribution < 1.29 is 4.79 Å². The molecule has 0 N–H and O–H groups in total. The smallest absolute Gasteiger partial charge is 0.135 e. The Labute approximate surface area is 62.8 Å². The SMILES string of the molecule is CC[C@H]1CC[C@H](C)C(=O)C1. The number of hydrogen-bond donors (Lipinski definition) is 0. The van der Waals surface area contributed by atoms with Crippen LogP contribution in [0.3, 0.4) is 0 Å². The molecule has 0 aromatic heterocycles. The topological polar surface area (TPSA) is 17.1 Å². The molecule has 1 heteroatoms. The molecule has 0 spiro atoms. The largest absolute Gasteiger partial charge is 0.299 e. The van der Waals surface area contributed by atoms with Crippen LogP contribution in [-0.4, -0.2) is 5.78 Å². The van der Waals surface area contributed by atoms with E-state index < -0.39 is 0 Å². The van der Waals surface area contributed by atoms with Gasteiger partial charge in [0.15, 0.2) is 0 Å². The summed E-state index contributed by atoms with van der Waals surface area (Å²) in [6, 6.07) is 0. The quantitative estimate of drug-likeness (QED) is 0.546. The molecular weight excluding hydrogens is 124 g/mol. The minimum absolute atomic E-state index is 0.350. The summed E-state index contributed by atoms with van der Waals surface area (Å²) in [5, 5.41) is 0. The van der Waals surface area contributed by atoms with Crippen molar-refractivity contribution in [1.29, 1.82) is 0 Å². The summed E-state index contributed by atoms with van der Waals surface area (Å²) >= 11 is 0. The second-order valence-electron chi connectivity index (χ2n) is 3.42. The van der Waals surface area contributed by atoms with E-state index >= 15 is 0 Å². The lowest BCUT2D eigenvalue weighted by atomic mass is 9.81. The van der Waals surface area contributed by atoms with E-state index in [0.717, 1.165) is 12.8 Å². The number of carbonyl (C=O) groups is 1. The van der Waals surface area contributed by atoms with Gasteiger partial charge >= 0.3 is 0 Å². The number of rotatable bonds is 1. The van der Waals surface area contributed by atoms with E-state index in [1.807, 2.05) is 6.92 Å². The van der Waals surface area contributed by atoms with E-state index in [2.05, 4.69) is 6.92 Å². The molecule has 0 heterocycles. The molecule has 0 aromatic rings. The van der Waals surface area contributed by atoms with E-state index in [1.54, 1.807) is 0 Å². The van der Waals surface area contributed by atoms with E-state index in [9.17, 15) is 4.79 Å². The second-order valence-corrected chi connectivity index (χ2v) is 3.42. The molecule has 0 aliphatic heterocycles. The molecule has 0 amide bonds. The maximum absolute atomic E-state index is 11.2. The summed E-state index contributed by atoms with van der Waals surface area (Å²) in [6.07, 6.45) is 4.41. The van der Waals surface area contributed by atoms with Gasteiger partial charge < -0.3 is 0 Å². The molecule has 1 nitrogen and oxygen atoms in total. The van der Waals surface area contributed by atoms with Gasteiger partial charge in [0, 0.05) is 12.3 Å². The molecule has 0 saturated heterocycles. The van der Waals surface area contributed by atoms with Crippen LogP contribution in [0.15, 0.2) is 0 Å². The van der Waals surface area contributed by atoms with E-state index in [-0.39, 0.29) is 0 Å². The van der Waals surface area contributed by atoms with Gasteiger partial charge in [-0.3, -0.25) is 4.79 Å². The predicted octanol–water partition coefficient (Wildman–Crippen LogP) is 2.40. The highest BCUT2D eigenvalue weighted by Crippen LogP contribution is 2.27. The van der Waals surface area contributed by atoms with Crippen molar-refractivity contribution in [2.75, 3.05) is 0 Å². The summed E-state index contributed by atoms with van der Waals surface area (Å²) in [7, 11) is 0. The molecule has 1 aliphatic rings. The highest BCUT2D eigenvalue weighted by molar-refractivity contribution is 5.81. The Bertz CT molecular complexity index is 129. The lowest BCUT2D eigenvalue weighted by Crippen LogP contribution is -2.22. The third kappa shape index (κ3) is 1.59. The monoisotopic (exact) mass is 140 g/mol. The second kappa shape index (κ2) is 3.18. The fraction of sp³-hybridized carbons (Fsp3) is 0.889. The van der Waals surface area contributed by atoms with Crippen LogP contribution in [0, 0.1) is 11.8 Å². The third-order valence-electron chi connectivity index (χ3n) is 2.62. The molecule has 1 aliphatic carbocycles. The molecule has 0 bridgehead atoms. The molecular formula is C9H16O. The molecule has 2 atom stereocenters. The molecule has 1 fully saturated rings. The summed E-state index contributed by atoms with van der Waals surface area (Å²) < 4.78 is 0. The zero-order valence-electron chi connectivity index (χ0n) is 6.89. The van der Waals surface area contributed by atoms with Gasteiger partial charge in [0.25, 0.3) is 0 Å². The number of ketones is 1. The van der Waals surface area contributed by atoms with Crippen molar-refractivity contribution in [3.05, 3.63) is 0 Å². The average Bonchev–Trinajstić information content (AvgIpc) is 1.95. The summed E-state index contributed by atoms with van der Waals surface area (Å²) in [4.78, 5) is 11.2. The van der Waals surface area contributed by atoms with Crippen molar-refractivity contribution in [1.82, 2.24) is 0 Å². The standard InChI is InChI=1S/C9H16O/c1-3-8-5-4-7(2)9(10)6-8/h7-8H,3-6H2,1-2H3/t7-,8-/m0/s1. The lowest BCUT2D eigenvalue weighted by molar-refractivity contribution is -0.125. The lowest BCUT2D eigenvalue weighted by Gasteiger charge is -2.23. The zero-order valence-corrected chi connectivity index (χ0v) is 6.89. The van der Waals surface area contributed by atoms with Crippen LogP contribution < -0.4 is 0 Å². The van der Waals surface area contributed by atoms with Gasteiger partial charge in [0.2, 0.25) is 0 Å². The first-order chi connectivity index (χ1) is 4.74. The minimum Gasteiger partial charge on any atom is -0.299 e. The van der Waals surface area contributed by atoms with Gasteiger partial charge in [-0.1, -0.05) is 20.3 Å². The molecule has 58 valence electrons. The Hall–Kier alpha value is -0.330. The number of carbonyl (C=O) groups excluding carboxylic acids is 1. The normalized spacial score (nSPS) is 34.4. The van der Waals surface area contributed by atoms with E-state index in [4.69, 9.17) is 0 Å². The van der Waals surface area contributed by atoms with Gasteiger partial charge in [-0.15, -0.1) is 0 Å². The fourth-order valence-electron chi connectivity index (χ4n) is 1.58. The first kappa shape index (κ1) is 7.77. The summed E-state index contributed by atoms with van der Waals surface area (Å²) in [5.74, 6) is 1.53. The van der Waals surface area contributed by atoms with Crippen molar-refractivity contribution in [2.45, 2.75) is 39.5 Å². The van der Waals surface area contributed by atoms with Gasteiger partial charge in [0.05, 0.1) is 0 Å². The van der Waals surface area contributed by atoms with Crippen LogP contribution in [0.2, 0.25) is 0 Å². The number of hydrogen-bond acceptors (Lipinski definition) is 1. The van der Waals surface area contributed by atoms with E-state index in [0.29, 0.717) is 17.6 Å². The van der Waals surface area contributed by atoms with Crippen molar-refractivity contribution in [3.63, 3.8) is 0 Å².